The predicted octanol–water partition coefficient (Wildman–Crippen LogP) is 5.78. The van der Waals surface area contributed by atoms with Gasteiger partial charge in [0.1, 0.15) is 17.4 Å². The molecule has 0 radical (unpaired) electrons. The number of nitrogens with zero attached hydrogens (tertiary/aromatic N) is 4. The summed E-state index contributed by atoms with van der Waals surface area (Å²) in [7, 11) is 0. The van der Waals surface area contributed by atoms with Gasteiger partial charge in [-0.15, -0.1) is 0 Å². The smallest absolute Gasteiger partial charge is 0.323 e. The summed E-state index contributed by atoms with van der Waals surface area (Å²) in [6.45, 7) is 9.42. The van der Waals surface area contributed by atoms with E-state index in [9.17, 15) is 9.18 Å². The van der Waals surface area contributed by atoms with Crippen molar-refractivity contribution in [2.75, 3.05) is 10.6 Å². The minimum absolute atomic E-state index is 0.369. The SMILES string of the molecule is Cc1nc(Oc2ccc(NC(=O)Nc3ccc(C)c(F)c3)cc2)cc(-n2nc(C)c(C)c2C)n1. The lowest BCUT2D eigenvalue weighted by molar-refractivity contribution is 0.262. The minimum atomic E-state index is -0.479. The van der Waals surface area contributed by atoms with Crippen LogP contribution in [0.5, 0.6) is 11.6 Å². The first-order valence-electron chi connectivity index (χ1n) is 10.7. The van der Waals surface area contributed by atoms with Gasteiger partial charge in [-0.25, -0.2) is 18.9 Å². The second-order valence-corrected chi connectivity index (χ2v) is 7.99. The highest BCUT2D eigenvalue weighted by molar-refractivity contribution is 5.99. The molecule has 4 aromatic rings. The standard InChI is InChI=1S/C25H25FN6O2/c1-14-6-7-20(12-22(14)26)30-25(33)29-19-8-10-21(11-9-19)34-24-13-23(27-18(5)28-24)32-17(4)15(2)16(3)31-32/h6-13H,1-5H3,(H2,29,30,33). The lowest BCUT2D eigenvalue weighted by Gasteiger charge is -2.11. The van der Waals surface area contributed by atoms with Crippen LogP contribution in [0.1, 0.15) is 28.3 Å². The van der Waals surface area contributed by atoms with E-state index >= 15 is 0 Å². The first kappa shape index (κ1) is 22.9. The van der Waals surface area contributed by atoms with Crippen molar-refractivity contribution in [1.82, 2.24) is 19.7 Å². The second kappa shape index (κ2) is 9.30. The summed E-state index contributed by atoms with van der Waals surface area (Å²) in [5, 5.41) is 9.86. The average molecular weight is 461 g/mol. The second-order valence-electron chi connectivity index (χ2n) is 7.99. The van der Waals surface area contributed by atoms with Crippen LogP contribution in [0.15, 0.2) is 48.5 Å². The highest BCUT2D eigenvalue weighted by Crippen LogP contribution is 2.24. The molecule has 9 heteroatoms. The molecule has 2 heterocycles. The summed E-state index contributed by atoms with van der Waals surface area (Å²) in [5.41, 5.74) is 4.49. The third-order valence-electron chi connectivity index (χ3n) is 5.44. The number of carbonyl (C=O) groups excluding carboxylic acids is 1. The fourth-order valence-corrected chi connectivity index (χ4v) is 3.32. The first-order valence-corrected chi connectivity index (χ1v) is 10.7. The molecule has 0 atom stereocenters. The molecule has 0 fully saturated rings. The lowest BCUT2D eigenvalue weighted by Crippen LogP contribution is -2.19. The molecule has 34 heavy (non-hydrogen) atoms. The molecule has 0 saturated heterocycles. The number of aryl methyl sites for hydroxylation is 3. The van der Waals surface area contributed by atoms with Crippen LogP contribution in [0.3, 0.4) is 0 Å². The van der Waals surface area contributed by atoms with Crippen molar-refractivity contribution in [3.8, 4) is 17.4 Å². The number of benzene rings is 2. The summed E-state index contributed by atoms with van der Waals surface area (Å²) < 4.78 is 21.4. The van der Waals surface area contributed by atoms with Gasteiger partial charge >= 0.3 is 6.03 Å². The maximum Gasteiger partial charge on any atom is 0.323 e. The predicted molar refractivity (Wildman–Crippen MR) is 128 cm³/mol. The molecule has 2 N–H and O–H groups in total. The van der Waals surface area contributed by atoms with Gasteiger partial charge in [-0.1, -0.05) is 6.07 Å². The zero-order valence-corrected chi connectivity index (χ0v) is 19.6. The largest absolute Gasteiger partial charge is 0.439 e. The van der Waals surface area contributed by atoms with E-state index in [4.69, 9.17) is 4.74 Å². The number of amides is 2. The van der Waals surface area contributed by atoms with Gasteiger partial charge in [0.25, 0.3) is 0 Å². The topological polar surface area (TPSA) is 94.0 Å². The molecule has 2 amide bonds. The number of nitrogens with one attached hydrogen (secondary N) is 2. The summed E-state index contributed by atoms with van der Waals surface area (Å²) in [6.07, 6.45) is 0. The van der Waals surface area contributed by atoms with Gasteiger partial charge in [0, 0.05) is 23.1 Å². The van der Waals surface area contributed by atoms with Crippen LogP contribution in [0, 0.1) is 40.4 Å². The zero-order chi connectivity index (χ0) is 24.4. The molecule has 0 aliphatic heterocycles. The third-order valence-corrected chi connectivity index (χ3v) is 5.44. The van der Waals surface area contributed by atoms with Gasteiger partial charge in [-0.3, -0.25) is 0 Å². The molecule has 0 aliphatic rings. The monoisotopic (exact) mass is 460 g/mol. The van der Waals surface area contributed by atoms with E-state index in [1.165, 1.54) is 6.07 Å². The van der Waals surface area contributed by atoms with E-state index in [1.54, 1.807) is 61.0 Å². The summed E-state index contributed by atoms with van der Waals surface area (Å²) >= 11 is 0. The van der Waals surface area contributed by atoms with E-state index in [0.29, 0.717) is 40.2 Å². The van der Waals surface area contributed by atoms with Gasteiger partial charge in [0.2, 0.25) is 5.88 Å². The number of urea groups is 1. The molecule has 8 nitrogen and oxygen atoms in total. The average Bonchev–Trinajstić information content (AvgIpc) is 3.04. The molecule has 0 spiro atoms. The summed E-state index contributed by atoms with van der Waals surface area (Å²) in [6, 6.07) is 12.6. The van der Waals surface area contributed by atoms with Gasteiger partial charge in [-0.2, -0.15) is 10.1 Å². The first-order chi connectivity index (χ1) is 16.2. The lowest BCUT2D eigenvalue weighted by atomic mass is 10.2. The van der Waals surface area contributed by atoms with Gasteiger partial charge in [0.05, 0.1) is 5.69 Å². The maximum absolute atomic E-state index is 13.7. The van der Waals surface area contributed by atoms with Crippen LogP contribution < -0.4 is 15.4 Å². The fraction of sp³-hybridized carbons (Fsp3) is 0.200. The fourth-order valence-electron chi connectivity index (χ4n) is 3.32. The highest BCUT2D eigenvalue weighted by atomic mass is 19.1. The van der Waals surface area contributed by atoms with Crippen molar-refractivity contribution in [1.29, 1.82) is 0 Å². The van der Waals surface area contributed by atoms with E-state index in [-0.39, 0.29) is 5.82 Å². The number of rotatable bonds is 5. The van der Waals surface area contributed by atoms with Crippen molar-refractivity contribution in [3.63, 3.8) is 0 Å². The van der Waals surface area contributed by atoms with Gasteiger partial charge in [0.15, 0.2) is 5.82 Å². The normalized spacial score (nSPS) is 10.8. The summed E-state index contributed by atoms with van der Waals surface area (Å²) in [4.78, 5) is 21.1. The molecular formula is C25H25FN6O2. The molecule has 4 rings (SSSR count). The Morgan fingerprint density at radius 2 is 1.59 bits per heavy atom. The van der Waals surface area contributed by atoms with Gasteiger partial charge in [-0.05, 0) is 82.1 Å². The molecule has 0 unspecified atom stereocenters. The van der Waals surface area contributed by atoms with Crippen molar-refractivity contribution in [2.24, 2.45) is 0 Å². The molecule has 2 aromatic heterocycles. The number of ether oxygens (including phenoxy) is 1. The number of halogens is 1. The van der Waals surface area contributed by atoms with E-state index in [1.807, 2.05) is 20.8 Å². The van der Waals surface area contributed by atoms with Crippen molar-refractivity contribution >= 4 is 17.4 Å². The quantitative estimate of drug-likeness (QED) is 0.394. The van der Waals surface area contributed by atoms with Crippen molar-refractivity contribution in [2.45, 2.75) is 34.6 Å². The number of aromatic nitrogens is 4. The zero-order valence-electron chi connectivity index (χ0n) is 19.6. The Balaban J connectivity index is 1.44. The number of hydrogen-bond acceptors (Lipinski definition) is 5. The molecule has 0 saturated carbocycles. The van der Waals surface area contributed by atoms with Crippen molar-refractivity contribution < 1.29 is 13.9 Å². The highest BCUT2D eigenvalue weighted by Gasteiger charge is 2.13. The van der Waals surface area contributed by atoms with E-state index < -0.39 is 6.03 Å². The molecule has 2 aromatic carbocycles. The van der Waals surface area contributed by atoms with Crippen LogP contribution in [-0.4, -0.2) is 25.8 Å². The summed E-state index contributed by atoms with van der Waals surface area (Å²) in [5.74, 6) is 1.72. The Morgan fingerprint density at radius 3 is 2.24 bits per heavy atom. The van der Waals surface area contributed by atoms with Crippen LogP contribution in [0.4, 0.5) is 20.6 Å². The Hall–Kier alpha value is -4.27. The third kappa shape index (κ3) is 5.03. The molecule has 0 aliphatic carbocycles. The Bertz CT molecular complexity index is 1360. The maximum atomic E-state index is 13.7. The van der Waals surface area contributed by atoms with E-state index in [2.05, 4.69) is 25.7 Å². The molecule has 0 bridgehead atoms. The number of anilines is 2. The van der Waals surface area contributed by atoms with Crippen molar-refractivity contribution in [3.05, 3.63) is 82.7 Å². The molecular weight excluding hydrogens is 435 g/mol. The Labute approximate surface area is 196 Å². The van der Waals surface area contributed by atoms with Crippen LogP contribution in [0.25, 0.3) is 5.82 Å². The number of carbonyl (C=O) groups is 1. The number of hydrogen-bond donors (Lipinski definition) is 2. The van der Waals surface area contributed by atoms with Gasteiger partial charge < -0.3 is 15.4 Å². The molecule has 174 valence electrons. The van der Waals surface area contributed by atoms with Crippen LogP contribution >= 0.6 is 0 Å². The Morgan fingerprint density at radius 1 is 0.912 bits per heavy atom. The Kier molecular flexibility index (Phi) is 6.27. The van der Waals surface area contributed by atoms with Crippen LogP contribution in [0.2, 0.25) is 0 Å². The van der Waals surface area contributed by atoms with E-state index in [0.717, 1.165) is 17.0 Å². The van der Waals surface area contributed by atoms with Crippen LogP contribution in [-0.2, 0) is 0 Å². The minimum Gasteiger partial charge on any atom is -0.439 e.